The normalized spacial score (nSPS) is 12.6. The van der Waals surface area contributed by atoms with Gasteiger partial charge in [-0.3, -0.25) is 0 Å². The lowest BCUT2D eigenvalue weighted by Gasteiger charge is -2.38. The Morgan fingerprint density at radius 3 is 1.59 bits per heavy atom. The maximum absolute atomic E-state index is 6.73. The minimum absolute atomic E-state index is 0. The first-order chi connectivity index (χ1) is 12.7. The third kappa shape index (κ3) is 9.48. The molecule has 1 atom stereocenters. The second-order valence-electron chi connectivity index (χ2n) is 8.16. The fourth-order valence-corrected chi connectivity index (χ4v) is 4.47. The first kappa shape index (κ1) is 26.5. The summed E-state index contributed by atoms with van der Waals surface area (Å²) in [7, 11) is 0. The highest BCUT2D eigenvalue weighted by Gasteiger charge is 2.34. The highest BCUT2D eigenvalue weighted by molar-refractivity contribution is 5.85. The fourth-order valence-electron chi connectivity index (χ4n) is 4.47. The Kier molecular flexibility index (Phi) is 16.1. The van der Waals surface area contributed by atoms with Gasteiger partial charge in [0.1, 0.15) is 0 Å². The SMILES string of the molecule is CCCCCCCCCCCCCC(N)C(CC)(CC)c1ccccc1.Cl. The topological polar surface area (TPSA) is 26.0 Å². The molecule has 1 nitrogen and oxygen atoms in total. The largest absolute Gasteiger partial charge is 0.327 e. The van der Waals surface area contributed by atoms with Crippen molar-refractivity contribution in [3.63, 3.8) is 0 Å². The highest BCUT2D eigenvalue weighted by Crippen LogP contribution is 2.36. The van der Waals surface area contributed by atoms with Crippen LogP contribution in [-0.2, 0) is 5.41 Å². The van der Waals surface area contributed by atoms with E-state index in [9.17, 15) is 0 Å². The van der Waals surface area contributed by atoms with Crippen LogP contribution in [0.25, 0.3) is 0 Å². The van der Waals surface area contributed by atoms with Crippen molar-refractivity contribution in [3.8, 4) is 0 Å². The standard InChI is InChI=1S/C25H45N.ClH/c1-4-7-8-9-10-11-12-13-14-15-19-22-24(26)25(5-2,6-3)23-20-17-16-18-21-23;/h16-18,20-21,24H,4-15,19,22,26H2,1-3H3;1H. The number of rotatable bonds is 16. The molecular formula is C25H46ClN. The summed E-state index contributed by atoms with van der Waals surface area (Å²) in [6.07, 6.45) is 18.8. The van der Waals surface area contributed by atoms with Crippen molar-refractivity contribution in [2.75, 3.05) is 0 Å². The Labute approximate surface area is 176 Å². The molecule has 2 heteroatoms. The van der Waals surface area contributed by atoms with Crippen LogP contribution in [0.1, 0.15) is 116 Å². The van der Waals surface area contributed by atoms with E-state index in [1.165, 1.54) is 76.2 Å². The second-order valence-corrected chi connectivity index (χ2v) is 8.16. The smallest absolute Gasteiger partial charge is 0.0136 e. The van der Waals surface area contributed by atoms with Crippen LogP contribution in [0.5, 0.6) is 0 Å². The average Bonchev–Trinajstić information content (AvgIpc) is 2.68. The highest BCUT2D eigenvalue weighted by atomic mass is 35.5. The molecule has 0 radical (unpaired) electrons. The van der Waals surface area contributed by atoms with E-state index in [0.29, 0.717) is 0 Å². The fraction of sp³-hybridized carbons (Fsp3) is 0.760. The van der Waals surface area contributed by atoms with Crippen LogP contribution in [0.4, 0.5) is 0 Å². The molecule has 1 aromatic carbocycles. The Bertz CT molecular complexity index is 427. The zero-order chi connectivity index (χ0) is 19.1. The number of hydrogen-bond donors (Lipinski definition) is 1. The van der Waals surface area contributed by atoms with Crippen molar-refractivity contribution in [3.05, 3.63) is 35.9 Å². The van der Waals surface area contributed by atoms with E-state index < -0.39 is 0 Å². The van der Waals surface area contributed by atoms with Gasteiger partial charge >= 0.3 is 0 Å². The van der Waals surface area contributed by atoms with Crippen LogP contribution >= 0.6 is 12.4 Å². The molecule has 2 N–H and O–H groups in total. The summed E-state index contributed by atoms with van der Waals surface area (Å²) in [5.41, 5.74) is 8.31. The van der Waals surface area contributed by atoms with Crippen molar-refractivity contribution in [2.24, 2.45) is 5.73 Å². The van der Waals surface area contributed by atoms with Gasteiger partial charge in [0.15, 0.2) is 0 Å². The maximum atomic E-state index is 6.73. The Balaban J connectivity index is 0.00000676. The Morgan fingerprint density at radius 1 is 0.704 bits per heavy atom. The van der Waals surface area contributed by atoms with Crippen LogP contribution in [0.2, 0.25) is 0 Å². The summed E-state index contributed by atoms with van der Waals surface area (Å²) < 4.78 is 0. The molecule has 1 rings (SSSR count). The number of hydrogen-bond acceptors (Lipinski definition) is 1. The summed E-state index contributed by atoms with van der Waals surface area (Å²) in [5.74, 6) is 0. The Hall–Kier alpha value is -0.530. The van der Waals surface area contributed by atoms with Crippen LogP contribution in [0, 0.1) is 0 Å². The van der Waals surface area contributed by atoms with E-state index in [4.69, 9.17) is 5.73 Å². The molecule has 0 aromatic heterocycles. The van der Waals surface area contributed by atoms with Gasteiger partial charge in [-0.2, -0.15) is 0 Å². The van der Waals surface area contributed by atoms with E-state index in [0.717, 1.165) is 19.3 Å². The second kappa shape index (κ2) is 16.4. The molecule has 0 spiro atoms. The molecule has 1 aromatic rings. The summed E-state index contributed by atoms with van der Waals surface area (Å²) in [6.45, 7) is 6.89. The molecule has 0 fully saturated rings. The number of benzene rings is 1. The number of halogens is 1. The zero-order valence-corrected chi connectivity index (χ0v) is 19.2. The van der Waals surface area contributed by atoms with E-state index in [1.807, 2.05) is 0 Å². The van der Waals surface area contributed by atoms with Crippen LogP contribution in [0.15, 0.2) is 30.3 Å². The van der Waals surface area contributed by atoms with Gasteiger partial charge in [0.2, 0.25) is 0 Å². The van der Waals surface area contributed by atoms with E-state index in [1.54, 1.807) is 0 Å². The summed E-state index contributed by atoms with van der Waals surface area (Å²) in [5, 5.41) is 0. The van der Waals surface area contributed by atoms with Gasteiger partial charge in [-0.25, -0.2) is 0 Å². The monoisotopic (exact) mass is 395 g/mol. The quantitative estimate of drug-likeness (QED) is 0.280. The van der Waals surface area contributed by atoms with E-state index in [-0.39, 0.29) is 23.9 Å². The zero-order valence-electron chi connectivity index (χ0n) is 18.3. The first-order valence-corrected chi connectivity index (χ1v) is 11.5. The minimum Gasteiger partial charge on any atom is -0.327 e. The molecule has 0 aliphatic rings. The molecule has 0 bridgehead atoms. The number of unbranched alkanes of at least 4 members (excludes halogenated alkanes) is 10. The minimum atomic E-state index is 0. The lowest BCUT2D eigenvalue weighted by Crippen LogP contribution is -2.44. The lowest BCUT2D eigenvalue weighted by molar-refractivity contribution is 0.297. The third-order valence-corrected chi connectivity index (χ3v) is 6.44. The first-order valence-electron chi connectivity index (χ1n) is 11.5. The predicted octanol–water partition coefficient (Wildman–Crippen LogP) is 8.19. The maximum Gasteiger partial charge on any atom is 0.0136 e. The van der Waals surface area contributed by atoms with Gasteiger partial charge in [0.25, 0.3) is 0 Å². The molecule has 0 saturated heterocycles. The predicted molar refractivity (Wildman–Crippen MR) is 125 cm³/mol. The van der Waals surface area contributed by atoms with Crippen molar-refractivity contribution in [2.45, 2.75) is 122 Å². The molecular weight excluding hydrogens is 350 g/mol. The molecule has 0 aliphatic heterocycles. The summed E-state index contributed by atoms with van der Waals surface area (Å²) in [6, 6.07) is 11.2. The van der Waals surface area contributed by atoms with Crippen molar-refractivity contribution < 1.29 is 0 Å². The number of nitrogens with two attached hydrogens (primary N) is 1. The lowest BCUT2D eigenvalue weighted by atomic mass is 9.69. The van der Waals surface area contributed by atoms with E-state index >= 15 is 0 Å². The van der Waals surface area contributed by atoms with Crippen molar-refractivity contribution in [1.29, 1.82) is 0 Å². The molecule has 1 unspecified atom stereocenters. The third-order valence-electron chi connectivity index (χ3n) is 6.44. The molecule has 0 heterocycles. The molecule has 0 saturated carbocycles. The van der Waals surface area contributed by atoms with Gasteiger partial charge in [-0.1, -0.05) is 122 Å². The van der Waals surface area contributed by atoms with Gasteiger partial charge in [0, 0.05) is 11.5 Å². The van der Waals surface area contributed by atoms with E-state index in [2.05, 4.69) is 51.1 Å². The molecule has 0 aliphatic carbocycles. The van der Waals surface area contributed by atoms with Gasteiger partial charge in [-0.05, 0) is 24.8 Å². The summed E-state index contributed by atoms with van der Waals surface area (Å²) >= 11 is 0. The van der Waals surface area contributed by atoms with Gasteiger partial charge in [-0.15, -0.1) is 12.4 Å². The van der Waals surface area contributed by atoms with Crippen LogP contribution < -0.4 is 5.73 Å². The summed E-state index contributed by atoms with van der Waals surface area (Å²) in [4.78, 5) is 0. The molecule has 158 valence electrons. The van der Waals surface area contributed by atoms with Gasteiger partial charge in [0.05, 0.1) is 0 Å². The average molecular weight is 396 g/mol. The molecule has 27 heavy (non-hydrogen) atoms. The Morgan fingerprint density at radius 2 is 1.15 bits per heavy atom. The van der Waals surface area contributed by atoms with Crippen LogP contribution in [-0.4, -0.2) is 6.04 Å². The van der Waals surface area contributed by atoms with Crippen molar-refractivity contribution >= 4 is 12.4 Å². The molecule has 0 amide bonds. The van der Waals surface area contributed by atoms with Crippen molar-refractivity contribution in [1.82, 2.24) is 0 Å². The van der Waals surface area contributed by atoms with Crippen LogP contribution in [0.3, 0.4) is 0 Å². The van der Waals surface area contributed by atoms with Gasteiger partial charge < -0.3 is 5.73 Å².